The fourth-order valence-corrected chi connectivity index (χ4v) is 2.96. The summed E-state index contributed by atoms with van der Waals surface area (Å²) in [5, 5.41) is 0.320. The molecule has 1 aromatic carbocycles. The molecule has 0 saturated heterocycles. The Labute approximate surface area is 117 Å². The number of hydrogen-bond acceptors (Lipinski definition) is 5. The van der Waals surface area contributed by atoms with Crippen LogP contribution in [0.1, 0.15) is 41.0 Å². The quantitative estimate of drug-likeness (QED) is 0.771. The normalized spacial score (nSPS) is 15.1. The number of rotatable bonds is 5. The van der Waals surface area contributed by atoms with E-state index in [2.05, 4.69) is 4.28 Å². The second-order valence-electron chi connectivity index (χ2n) is 4.97. The maximum Gasteiger partial charge on any atom is 0.288 e. The predicted molar refractivity (Wildman–Crippen MR) is 71.3 cm³/mol. The van der Waals surface area contributed by atoms with Crippen molar-refractivity contribution in [2.75, 3.05) is 5.75 Å². The fraction of sp³-hybridized carbons (Fsp3) is 0.385. The van der Waals surface area contributed by atoms with Crippen molar-refractivity contribution in [1.29, 1.82) is 0 Å². The molecular weight excluding hydrogens is 282 g/mol. The lowest BCUT2D eigenvalue weighted by molar-refractivity contribution is -0.0104. The van der Waals surface area contributed by atoms with E-state index in [-0.39, 0.29) is 22.8 Å². The number of carbonyl (C=O) groups excluding carboxylic acids is 2. The molecule has 6 nitrogen and oxygen atoms in total. The molecule has 2 amide bonds. The van der Waals surface area contributed by atoms with E-state index in [1.165, 1.54) is 12.1 Å². The summed E-state index contributed by atoms with van der Waals surface area (Å²) in [6.45, 7) is 3.75. The molecule has 1 heterocycles. The highest BCUT2D eigenvalue weighted by Crippen LogP contribution is 2.24. The molecule has 0 N–H and O–H groups in total. The van der Waals surface area contributed by atoms with Crippen molar-refractivity contribution in [3.8, 4) is 0 Å². The van der Waals surface area contributed by atoms with Crippen LogP contribution in [0.2, 0.25) is 0 Å². The van der Waals surface area contributed by atoms with Crippen molar-refractivity contribution in [2.45, 2.75) is 20.3 Å². The van der Waals surface area contributed by atoms with Crippen molar-refractivity contribution in [3.05, 3.63) is 35.4 Å². The second-order valence-corrected chi connectivity index (χ2v) is 6.64. The summed E-state index contributed by atoms with van der Waals surface area (Å²) in [7, 11) is -3.96. The summed E-state index contributed by atoms with van der Waals surface area (Å²) in [4.78, 5) is 23.9. The van der Waals surface area contributed by atoms with Gasteiger partial charge in [-0.3, -0.25) is 9.59 Å². The van der Waals surface area contributed by atoms with Crippen molar-refractivity contribution in [3.63, 3.8) is 0 Å². The van der Waals surface area contributed by atoms with Gasteiger partial charge in [0.1, 0.15) is 0 Å². The molecular formula is C13H15NO5S. The smallest absolute Gasteiger partial charge is 0.266 e. The molecule has 1 aliphatic rings. The first-order chi connectivity index (χ1) is 9.32. The van der Waals surface area contributed by atoms with Crippen LogP contribution in [-0.4, -0.2) is 31.0 Å². The number of amides is 2. The SMILES string of the molecule is CC(C)CCS(=O)(=O)ON1C(=O)c2ccccc2C1=O. The summed E-state index contributed by atoms with van der Waals surface area (Å²) in [5.41, 5.74) is 0.299. The van der Waals surface area contributed by atoms with Crippen LogP contribution in [0.25, 0.3) is 0 Å². The standard InChI is InChI=1S/C13H15NO5S/c1-9(2)7-8-20(17,18)19-14-12(15)10-5-3-4-6-11(10)13(14)16/h3-6,9H,7-8H2,1-2H3. The van der Waals surface area contributed by atoms with Gasteiger partial charge in [-0.15, -0.1) is 9.35 Å². The first-order valence-electron chi connectivity index (χ1n) is 6.22. The lowest BCUT2D eigenvalue weighted by atomic mass is 10.1. The number of imide groups is 1. The van der Waals surface area contributed by atoms with Gasteiger partial charge in [-0.1, -0.05) is 26.0 Å². The molecule has 0 aliphatic carbocycles. The molecule has 20 heavy (non-hydrogen) atoms. The van der Waals surface area contributed by atoms with E-state index in [0.717, 1.165) is 0 Å². The van der Waals surface area contributed by atoms with Crippen LogP contribution in [0, 0.1) is 5.92 Å². The Morgan fingerprint density at radius 3 is 2.05 bits per heavy atom. The molecule has 7 heteroatoms. The third-order valence-corrected chi connectivity index (χ3v) is 4.00. The number of hydroxylamine groups is 2. The van der Waals surface area contributed by atoms with E-state index >= 15 is 0 Å². The number of carbonyl (C=O) groups is 2. The van der Waals surface area contributed by atoms with Gasteiger partial charge < -0.3 is 0 Å². The van der Waals surface area contributed by atoms with Gasteiger partial charge in [0.15, 0.2) is 0 Å². The largest absolute Gasteiger partial charge is 0.288 e. The molecule has 0 unspecified atom stereocenters. The summed E-state index contributed by atoms with van der Waals surface area (Å²) < 4.78 is 28.2. The number of benzene rings is 1. The highest BCUT2D eigenvalue weighted by molar-refractivity contribution is 7.86. The van der Waals surface area contributed by atoms with E-state index in [1.54, 1.807) is 12.1 Å². The Kier molecular flexibility index (Phi) is 3.92. The first-order valence-corrected chi connectivity index (χ1v) is 7.79. The van der Waals surface area contributed by atoms with Gasteiger partial charge in [0.25, 0.3) is 21.9 Å². The van der Waals surface area contributed by atoms with Crippen LogP contribution in [-0.2, 0) is 14.4 Å². The van der Waals surface area contributed by atoms with Crippen LogP contribution >= 0.6 is 0 Å². The third-order valence-electron chi connectivity index (χ3n) is 2.89. The molecule has 108 valence electrons. The number of fused-ring (bicyclic) bond motifs is 1. The monoisotopic (exact) mass is 297 g/mol. The van der Waals surface area contributed by atoms with E-state index in [9.17, 15) is 18.0 Å². The van der Waals surface area contributed by atoms with Gasteiger partial charge in [-0.25, -0.2) is 0 Å². The molecule has 0 fully saturated rings. The van der Waals surface area contributed by atoms with E-state index < -0.39 is 21.9 Å². The van der Waals surface area contributed by atoms with E-state index in [0.29, 0.717) is 11.5 Å². The molecule has 2 rings (SSSR count). The van der Waals surface area contributed by atoms with E-state index in [1.807, 2.05) is 13.8 Å². The van der Waals surface area contributed by atoms with Crippen LogP contribution < -0.4 is 0 Å². The highest BCUT2D eigenvalue weighted by Gasteiger charge is 2.39. The Morgan fingerprint density at radius 2 is 1.60 bits per heavy atom. The maximum atomic E-state index is 11.9. The lowest BCUT2D eigenvalue weighted by Crippen LogP contribution is -2.33. The maximum absolute atomic E-state index is 11.9. The van der Waals surface area contributed by atoms with Crippen molar-refractivity contribution in [2.24, 2.45) is 5.92 Å². The first kappa shape index (κ1) is 14.7. The Hall–Kier alpha value is -1.73. The molecule has 0 aromatic heterocycles. The molecule has 1 aliphatic heterocycles. The van der Waals surface area contributed by atoms with Crippen molar-refractivity contribution >= 4 is 21.9 Å². The highest BCUT2D eigenvalue weighted by atomic mass is 32.2. The van der Waals surface area contributed by atoms with Crippen LogP contribution in [0.5, 0.6) is 0 Å². The number of hydrogen-bond donors (Lipinski definition) is 0. The summed E-state index contributed by atoms with van der Waals surface area (Å²) in [6.07, 6.45) is 0.394. The Balaban J connectivity index is 2.17. The molecule has 1 aromatic rings. The van der Waals surface area contributed by atoms with Gasteiger partial charge in [-0.2, -0.15) is 8.42 Å². The van der Waals surface area contributed by atoms with Gasteiger partial charge in [0, 0.05) is 0 Å². The predicted octanol–water partition coefficient (Wildman–Crippen LogP) is 1.59. The molecule has 0 spiro atoms. The molecule has 0 bridgehead atoms. The van der Waals surface area contributed by atoms with Gasteiger partial charge >= 0.3 is 0 Å². The minimum Gasteiger partial charge on any atom is -0.266 e. The van der Waals surface area contributed by atoms with Crippen molar-refractivity contribution in [1.82, 2.24) is 5.06 Å². The molecule has 0 radical (unpaired) electrons. The van der Waals surface area contributed by atoms with Gasteiger partial charge in [0.2, 0.25) is 0 Å². The lowest BCUT2D eigenvalue weighted by Gasteiger charge is -2.13. The van der Waals surface area contributed by atoms with Gasteiger partial charge in [0.05, 0.1) is 16.9 Å². The summed E-state index contributed by atoms with van der Waals surface area (Å²) in [6, 6.07) is 6.11. The minimum absolute atomic E-state index is 0.150. The van der Waals surface area contributed by atoms with Gasteiger partial charge in [-0.05, 0) is 24.5 Å². The third kappa shape index (κ3) is 2.88. The molecule has 0 atom stereocenters. The number of nitrogens with zero attached hydrogens (tertiary/aromatic N) is 1. The zero-order valence-corrected chi connectivity index (χ0v) is 12.0. The van der Waals surface area contributed by atoms with Crippen LogP contribution in [0.3, 0.4) is 0 Å². The van der Waals surface area contributed by atoms with Crippen LogP contribution in [0.4, 0.5) is 0 Å². The average Bonchev–Trinajstić information content (AvgIpc) is 2.62. The van der Waals surface area contributed by atoms with Crippen LogP contribution in [0.15, 0.2) is 24.3 Å². The summed E-state index contributed by atoms with van der Waals surface area (Å²) >= 11 is 0. The molecule has 0 saturated carbocycles. The fourth-order valence-electron chi connectivity index (χ4n) is 1.77. The Bertz CT molecular complexity index is 615. The average molecular weight is 297 g/mol. The second kappa shape index (κ2) is 5.34. The van der Waals surface area contributed by atoms with E-state index in [4.69, 9.17) is 0 Å². The Morgan fingerprint density at radius 1 is 1.10 bits per heavy atom. The topological polar surface area (TPSA) is 80.8 Å². The summed E-state index contributed by atoms with van der Waals surface area (Å²) in [5.74, 6) is -1.56. The van der Waals surface area contributed by atoms with Crippen molar-refractivity contribution < 1.29 is 22.3 Å². The minimum atomic E-state index is -3.96. The zero-order valence-electron chi connectivity index (χ0n) is 11.2. The zero-order chi connectivity index (χ0) is 14.9.